The lowest BCUT2D eigenvalue weighted by molar-refractivity contribution is -0.145. The van der Waals surface area contributed by atoms with Crippen LogP contribution in [0.4, 0.5) is 0 Å². The van der Waals surface area contributed by atoms with Crippen LogP contribution >= 0.6 is 11.6 Å². The lowest BCUT2D eigenvalue weighted by Gasteiger charge is -2.32. The number of benzene rings is 1. The van der Waals surface area contributed by atoms with Crippen LogP contribution in [0.1, 0.15) is 23.2 Å². The minimum Gasteiger partial charge on any atom is -0.481 e. The van der Waals surface area contributed by atoms with Crippen molar-refractivity contribution >= 4 is 23.5 Å². The first kappa shape index (κ1) is 13.1. The quantitative estimate of drug-likeness (QED) is 0.886. The summed E-state index contributed by atoms with van der Waals surface area (Å²) >= 11 is 6.01. The summed E-state index contributed by atoms with van der Waals surface area (Å²) in [5, 5.41) is 11.9. The van der Waals surface area contributed by atoms with E-state index in [0.717, 1.165) is 0 Å². The van der Waals surface area contributed by atoms with Gasteiger partial charge in [-0.3, -0.25) is 9.59 Å². The number of aliphatic carboxylic acids is 1. The van der Waals surface area contributed by atoms with Gasteiger partial charge in [-0.15, -0.1) is 0 Å². The van der Waals surface area contributed by atoms with Crippen LogP contribution in [-0.4, -0.2) is 29.8 Å². The lowest BCUT2D eigenvalue weighted by Crippen LogP contribution is -2.46. The molecule has 1 aliphatic carbocycles. The number of carbonyl (C=O) groups is 2. The van der Waals surface area contributed by atoms with E-state index in [4.69, 9.17) is 26.2 Å². The Morgan fingerprint density at radius 3 is 2.75 bits per heavy atom. The molecule has 20 heavy (non-hydrogen) atoms. The number of carbonyl (C=O) groups excluding carboxylic acids is 1. The first-order valence-corrected chi connectivity index (χ1v) is 6.55. The molecule has 7 heteroatoms. The van der Waals surface area contributed by atoms with Gasteiger partial charge in [-0.2, -0.15) is 0 Å². The van der Waals surface area contributed by atoms with Gasteiger partial charge in [0.1, 0.15) is 0 Å². The summed E-state index contributed by atoms with van der Waals surface area (Å²) < 4.78 is 10.4. The van der Waals surface area contributed by atoms with Crippen molar-refractivity contribution in [1.29, 1.82) is 0 Å². The predicted octanol–water partition coefficient (Wildman–Crippen LogP) is 1.66. The van der Waals surface area contributed by atoms with Crippen molar-refractivity contribution in [3.8, 4) is 11.5 Å². The summed E-state index contributed by atoms with van der Waals surface area (Å²) in [6, 6.07) is 2.97. The predicted molar refractivity (Wildman–Crippen MR) is 69.2 cm³/mol. The molecule has 2 N–H and O–H groups in total. The summed E-state index contributed by atoms with van der Waals surface area (Å²) in [5.74, 6) is -0.584. The van der Waals surface area contributed by atoms with Crippen LogP contribution in [-0.2, 0) is 4.79 Å². The molecule has 3 rings (SSSR count). The van der Waals surface area contributed by atoms with Crippen LogP contribution in [0.15, 0.2) is 12.1 Å². The number of carboxylic acid groups (broad SMARTS) is 1. The van der Waals surface area contributed by atoms with Crippen LogP contribution in [0.3, 0.4) is 0 Å². The second-order valence-electron chi connectivity index (χ2n) is 4.87. The fraction of sp³-hybridized carbons (Fsp3) is 0.385. The smallest absolute Gasteiger partial charge is 0.306 e. The average molecular weight is 298 g/mol. The summed E-state index contributed by atoms with van der Waals surface area (Å²) in [5.41, 5.74) is 0.373. The van der Waals surface area contributed by atoms with Crippen LogP contribution in [0.5, 0.6) is 11.5 Å². The Hall–Kier alpha value is -1.95. The highest BCUT2D eigenvalue weighted by Gasteiger charge is 2.35. The zero-order valence-electron chi connectivity index (χ0n) is 10.4. The van der Waals surface area contributed by atoms with Crippen molar-refractivity contribution in [2.24, 2.45) is 5.92 Å². The third-order valence-electron chi connectivity index (χ3n) is 3.51. The number of fused-ring (bicyclic) bond motifs is 1. The molecule has 0 spiro atoms. The van der Waals surface area contributed by atoms with E-state index >= 15 is 0 Å². The van der Waals surface area contributed by atoms with Gasteiger partial charge in [0.05, 0.1) is 10.9 Å². The van der Waals surface area contributed by atoms with Gasteiger partial charge in [0.15, 0.2) is 11.5 Å². The Bertz CT molecular complexity index is 582. The minimum atomic E-state index is -0.818. The highest BCUT2D eigenvalue weighted by atomic mass is 35.5. The van der Waals surface area contributed by atoms with Crippen LogP contribution in [0.2, 0.25) is 5.02 Å². The molecule has 0 bridgehead atoms. The summed E-state index contributed by atoms with van der Waals surface area (Å²) in [6.45, 7) is 0.0864. The third kappa shape index (κ3) is 2.27. The first-order valence-electron chi connectivity index (χ1n) is 6.17. The van der Waals surface area contributed by atoms with Gasteiger partial charge < -0.3 is 19.9 Å². The second-order valence-corrected chi connectivity index (χ2v) is 5.28. The molecule has 1 aliphatic heterocycles. The molecule has 0 atom stereocenters. The molecular formula is C13H12ClNO5. The SMILES string of the molecule is O=C(NC1CC(C(=O)O)C1)c1cc(Cl)c2c(c1)OCO2. The van der Waals surface area contributed by atoms with E-state index in [9.17, 15) is 9.59 Å². The molecule has 1 saturated carbocycles. The molecule has 0 radical (unpaired) electrons. The molecule has 1 aromatic rings. The Labute approximate surface area is 119 Å². The van der Waals surface area contributed by atoms with Gasteiger partial charge in [-0.25, -0.2) is 0 Å². The largest absolute Gasteiger partial charge is 0.481 e. The molecule has 0 saturated heterocycles. The zero-order chi connectivity index (χ0) is 14.3. The van der Waals surface area contributed by atoms with Crippen molar-refractivity contribution in [3.63, 3.8) is 0 Å². The van der Waals surface area contributed by atoms with E-state index in [0.29, 0.717) is 34.9 Å². The maximum Gasteiger partial charge on any atom is 0.306 e. The molecule has 1 amide bonds. The van der Waals surface area contributed by atoms with Gasteiger partial charge in [0.25, 0.3) is 5.91 Å². The van der Waals surface area contributed by atoms with E-state index in [1.165, 1.54) is 6.07 Å². The van der Waals surface area contributed by atoms with Gasteiger partial charge in [0.2, 0.25) is 6.79 Å². The Kier molecular flexibility index (Phi) is 3.17. The van der Waals surface area contributed by atoms with Crippen LogP contribution in [0.25, 0.3) is 0 Å². The molecular weight excluding hydrogens is 286 g/mol. The molecule has 2 aliphatic rings. The number of amides is 1. The number of carboxylic acids is 1. The highest BCUT2D eigenvalue weighted by molar-refractivity contribution is 6.32. The summed E-state index contributed by atoms with van der Waals surface area (Å²) in [6.07, 6.45) is 0.915. The van der Waals surface area contributed by atoms with Crippen molar-refractivity contribution in [1.82, 2.24) is 5.32 Å². The highest BCUT2D eigenvalue weighted by Crippen LogP contribution is 2.40. The number of hydrogen-bond acceptors (Lipinski definition) is 4. The van der Waals surface area contributed by atoms with Gasteiger partial charge in [0, 0.05) is 11.6 Å². The molecule has 0 unspecified atom stereocenters. The average Bonchev–Trinajstić information content (AvgIpc) is 2.81. The second kappa shape index (κ2) is 4.86. The molecule has 1 fully saturated rings. The fourth-order valence-electron chi connectivity index (χ4n) is 2.30. The number of hydrogen-bond donors (Lipinski definition) is 2. The third-order valence-corrected chi connectivity index (χ3v) is 3.79. The van der Waals surface area contributed by atoms with E-state index in [-0.39, 0.29) is 24.7 Å². The van der Waals surface area contributed by atoms with Crippen molar-refractivity contribution < 1.29 is 24.2 Å². The number of rotatable bonds is 3. The van der Waals surface area contributed by atoms with E-state index in [1.54, 1.807) is 6.07 Å². The van der Waals surface area contributed by atoms with E-state index in [1.807, 2.05) is 0 Å². The standard InChI is InChI=1S/C13H12ClNO5/c14-9-3-6(4-10-11(9)20-5-19-10)12(16)15-8-1-7(2-8)13(17)18/h3-4,7-8H,1-2,5H2,(H,15,16)(H,17,18). The van der Waals surface area contributed by atoms with Crippen LogP contribution < -0.4 is 14.8 Å². The zero-order valence-corrected chi connectivity index (χ0v) is 11.1. The van der Waals surface area contributed by atoms with E-state index in [2.05, 4.69) is 5.32 Å². The van der Waals surface area contributed by atoms with Gasteiger partial charge >= 0.3 is 5.97 Å². The van der Waals surface area contributed by atoms with Crippen LogP contribution in [0, 0.1) is 5.92 Å². The van der Waals surface area contributed by atoms with Crippen molar-refractivity contribution in [3.05, 3.63) is 22.7 Å². The molecule has 1 aromatic carbocycles. The Morgan fingerprint density at radius 1 is 1.30 bits per heavy atom. The maximum atomic E-state index is 12.1. The van der Waals surface area contributed by atoms with Gasteiger partial charge in [-0.05, 0) is 25.0 Å². The Balaban J connectivity index is 1.67. The number of nitrogens with one attached hydrogen (secondary N) is 1. The van der Waals surface area contributed by atoms with Crippen molar-refractivity contribution in [2.75, 3.05) is 6.79 Å². The fourth-order valence-corrected chi connectivity index (χ4v) is 2.57. The minimum absolute atomic E-state index is 0.0864. The summed E-state index contributed by atoms with van der Waals surface area (Å²) in [4.78, 5) is 22.8. The summed E-state index contributed by atoms with van der Waals surface area (Å²) in [7, 11) is 0. The lowest BCUT2D eigenvalue weighted by atomic mass is 9.80. The number of halogens is 1. The maximum absolute atomic E-state index is 12.1. The number of ether oxygens (including phenoxy) is 2. The van der Waals surface area contributed by atoms with E-state index < -0.39 is 5.97 Å². The van der Waals surface area contributed by atoms with Crippen molar-refractivity contribution in [2.45, 2.75) is 18.9 Å². The monoisotopic (exact) mass is 297 g/mol. The Morgan fingerprint density at radius 2 is 2.05 bits per heavy atom. The normalized spacial score (nSPS) is 23.1. The molecule has 6 nitrogen and oxygen atoms in total. The first-order chi connectivity index (χ1) is 9.54. The molecule has 106 valence electrons. The van der Waals surface area contributed by atoms with Gasteiger partial charge in [-0.1, -0.05) is 11.6 Å². The molecule has 1 heterocycles. The topological polar surface area (TPSA) is 84.9 Å². The molecule has 0 aromatic heterocycles.